The van der Waals surface area contributed by atoms with Gasteiger partial charge in [-0.25, -0.2) is 0 Å². The lowest BCUT2D eigenvalue weighted by atomic mass is 10.1. The van der Waals surface area contributed by atoms with Crippen LogP contribution < -0.4 is 10.5 Å². The summed E-state index contributed by atoms with van der Waals surface area (Å²) in [7, 11) is 1.60. The number of carbonyl (C=O) groups is 1. The molecule has 0 aliphatic carbocycles. The molecule has 0 heterocycles. The van der Waals surface area contributed by atoms with Crippen molar-refractivity contribution >= 4 is 6.29 Å². The molecule has 0 fully saturated rings. The van der Waals surface area contributed by atoms with Crippen molar-refractivity contribution in [3.05, 3.63) is 29.3 Å². The fraction of sp³-hybridized carbons (Fsp3) is 0.300. The molecule has 0 aliphatic rings. The van der Waals surface area contributed by atoms with E-state index >= 15 is 0 Å². The lowest BCUT2D eigenvalue weighted by Crippen LogP contribution is -2.00. The van der Waals surface area contributed by atoms with Gasteiger partial charge in [-0.15, -0.1) is 0 Å². The molecule has 0 spiro atoms. The lowest BCUT2D eigenvalue weighted by molar-refractivity contribution is -0.107. The SMILES string of the molecule is COc1cc(CC=O)ccc1CN. The van der Waals surface area contributed by atoms with Gasteiger partial charge in [-0.2, -0.15) is 0 Å². The molecule has 0 atom stereocenters. The molecule has 0 amide bonds. The number of rotatable bonds is 4. The van der Waals surface area contributed by atoms with E-state index in [1.54, 1.807) is 7.11 Å². The summed E-state index contributed by atoms with van der Waals surface area (Å²) in [6.07, 6.45) is 1.29. The molecule has 70 valence electrons. The summed E-state index contributed by atoms with van der Waals surface area (Å²) in [6, 6.07) is 5.62. The fourth-order valence-electron chi connectivity index (χ4n) is 1.18. The molecule has 0 radical (unpaired) electrons. The van der Waals surface area contributed by atoms with Crippen molar-refractivity contribution in [2.24, 2.45) is 5.73 Å². The number of carbonyl (C=O) groups excluding carboxylic acids is 1. The topological polar surface area (TPSA) is 52.3 Å². The Hall–Kier alpha value is -1.35. The molecule has 0 bridgehead atoms. The Bertz CT molecular complexity index is 297. The van der Waals surface area contributed by atoms with Crippen LogP contribution in [0.3, 0.4) is 0 Å². The summed E-state index contributed by atoms with van der Waals surface area (Å²) < 4.78 is 5.13. The summed E-state index contributed by atoms with van der Waals surface area (Å²) in [5.74, 6) is 0.752. The van der Waals surface area contributed by atoms with Gasteiger partial charge in [0.15, 0.2) is 0 Å². The monoisotopic (exact) mass is 179 g/mol. The zero-order valence-electron chi connectivity index (χ0n) is 7.62. The van der Waals surface area contributed by atoms with Crippen LogP contribution in [0.4, 0.5) is 0 Å². The van der Waals surface area contributed by atoms with Gasteiger partial charge in [0.05, 0.1) is 7.11 Å². The van der Waals surface area contributed by atoms with Crippen molar-refractivity contribution in [1.82, 2.24) is 0 Å². The first-order valence-corrected chi connectivity index (χ1v) is 4.11. The summed E-state index contributed by atoms with van der Waals surface area (Å²) in [4.78, 5) is 10.3. The van der Waals surface area contributed by atoms with Crippen molar-refractivity contribution < 1.29 is 9.53 Å². The van der Waals surface area contributed by atoms with E-state index in [0.29, 0.717) is 13.0 Å². The minimum absolute atomic E-state index is 0.418. The van der Waals surface area contributed by atoms with E-state index in [2.05, 4.69) is 0 Å². The van der Waals surface area contributed by atoms with Crippen LogP contribution in [-0.4, -0.2) is 13.4 Å². The molecule has 2 N–H and O–H groups in total. The van der Waals surface area contributed by atoms with E-state index in [1.165, 1.54) is 0 Å². The summed E-state index contributed by atoms with van der Waals surface area (Å²) in [5, 5.41) is 0. The van der Waals surface area contributed by atoms with Gasteiger partial charge in [0.2, 0.25) is 0 Å². The molecule has 1 aromatic carbocycles. The van der Waals surface area contributed by atoms with Crippen LogP contribution in [-0.2, 0) is 17.8 Å². The highest BCUT2D eigenvalue weighted by atomic mass is 16.5. The molecule has 13 heavy (non-hydrogen) atoms. The minimum atomic E-state index is 0.418. The first kappa shape index (κ1) is 9.74. The largest absolute Gasteiger partial charge is 0.496 e. The number of hydrogen-bond acceptors (Lipinski definition) is 3. The highest BCUT2D eigenvalue weighted by Crippen LogP contribution is 2.19. The van der Waals surface area contributed by atoms with Crippen LogP contribution in [0.15, 0.2) is 18.2 Å². The van der Waals surface area contributed by atoms with Crippen LogP contribution in [0.2, 0.25) is 0 Å². The van der Waals surface area contributed by atoms with Gasteiger partial charge >= 0.3 is 0 Å². The van der Waals surface area contributed by atoms with Crippen molar-refractivity contribution in [2.45, 2.75) is 13.0 Å². The Labute approximate surface area is 77.5 Å². The number of methoxy groups -OCH3 is 1. The first-order valence-electron chi connectivity index (χ1n) is 4.11. The van der Waals surface area contributed by atoms with E-state index < -0.39 is 0 Å². The number of benzene rings is 1. The smallest absolute Gasteiger partial charge is 0.124 e. The molecule has 0 aromatic heterocycles. The van der Waals surface area contributed by atoms with Crippen LogP contribution in [0.1, 0.15) is 11.1 Å². The Balaban J connectivity index is 2.98. The van der Waals surface area contributed by atoms with Gasteiger partial charge in [0.1, 0.15) is 12.0 Å². The fourth-order valence-corrected chi connectivity index (χ4v) is 1.18. The van der Waals surface area contributed by atoms with Crippen molar-refractivity contribution in [3.8, 4) is 5.75 Å². The highest BCUT2D eigenvalue weighted by molar-refractivity contribution is 5.56. The molecular formula is C10H13NO2. The number of aldehydes is 1. The number of ether oxygens (including phenoxy) is 1. The maximum Gasteiger partial charge on any atom is 0.124 e. The summed E-state index contributed by atoms with van der Waals surface area (Å²) >= 11 is 0. The predicted molar refractivity (Wildman–Crippen MR) is 50.7 cm³/mol. The molecule has 0 saturated carbocycles. The van der Waals surface area contributed by atoms with E-state index in [0.717, 1.165) is 23.2 Å². The quantitative estimate of drug-likeness (QED) is 0.698. The number of nitrogens with two attached hydrogens (primary N) is 1. The van der Waals surface area contributed by atoms with E-state index in [-0.39, 0.29) is 0 Å². The zero-order chi connectivity index (χ0) is 9.68. The minimum Gasteiger partial charge on any atom is -0.496 e. The highest BCUT2D eigenvalue weighted by Gasteiger charge is 2.01. The first-order chi connectivity index (χ1) is 6.31. The van der Waals surface area contributed by atoms with Gasteiger partial charge in [-0.3, -0.25) is 0 Å². The van der Waals surface area contributed by atoms with E-state index in [9.17, 15) is 4.79 Å². The van der Waals surface area contributed by atoms with Crippen LogP contribution in [0.25, 0.3) is 0 Å². The van der Waals surface area contributed by atoms with Crippen LogP contribution in [0.5, 0.6) is 5.75 Å². The molecular weight excluding hydrogens is 166 g/mol. The second-order valence-electron chi connectivity index (χ2n) is 2.72. The van der Waals surface area contributed by atoms with Crippen LogP contribution in [0, 0.1) is 0 Å². The maximum absolute atomic E-state index is 10.3. The molecule has 3 nitrogen and oxygen atoms in total. The number of hydrogen-bond donors (Lipinski definition) is 1. The average molecular weight is 179 g/mol. The molecule has 3 heteroatoms. The van der Waals surface area contributed by atoms with Gasteiger partial charge in [0.25, 0.3) is 0 Å². The van der Waals surface area contributed by atoms with E-state index in [4.69, 9.17) is 10.5 Å². The normalized spacial score (nSPS) is 9.69. The third kappa shape index (κ3) is 2.29. The third-order valence-corrected chi connectivity index (χ3v) is 1.89. The third-order valence-electron chi connectivity index (χ3n) is 1.89. The molecule has 1 aromatic rings. The van der Waals surface area contributed by atoms with Crippen LogP contribution >= 0.6 is 0 Å². The zero-order valence-corrected chi connectivity index (χ0v) is 7.62. The average Bonchev–Trinajstić information content (AvgIpc) is 2.18. The van der Waals surface area contributed by atoms with Gasteiger partial charge in [-0.1, -0.05) is 12.1 Å². The summed E-state index contributed by atoms with van der Waals surface area (Å²) in [5.41, 5.74) is 7.40. The standard InChI is InChI=1S/C10H13NO2/c1-13-10-6-8(4-5-12)2-3-9(10)7-11/h2-3,5-6H,4,7,11H2,1H3. The molecule has 1 rings (SSSR count). The molecule has 0 saturated heterocycles. The van der Waals surface area contributed by atoms with Crippen molar-refractivity contribution in [1.29, 1.82) is 0 Å². The maximum atomic E-state index is 10.3. The van der Waals surface area contributed by atoms with Gasteiger partial charge in [0, 0.05) is 18.5 Å². The second-order valence-corrected chi connectivity index (χ2v) is 2.72. The second kappa shape index (κ2) is 4.62. The van der Waals surface area contributed by atoms with Crippen molar-refractivity contribution in [3.63, 3.8) is 0 Å². The summed E-state index contributed by atoms with van der Waals surface area (Å²) in [6.45, 7) is 0.449. The van der Waals surface area contributed by atoms with Gasteiger partial charge < -0.3 is 15.3 Å². The van der Waals surface area contributed by atoms with E-state index in [1.807, 2.05) is 18.2 Å². The Morgan fingerprint density at radius 2 is 2.31 bits per heavy atom. The Morgan fingerprint density at radius 3 is 2.85 bits per heavy atom. The predicted octanol–water partition coefficient (Wildman–Crippen LogP) is 0.895. The van der Waals surface area contributed by atoms with Crippen molar-refractivity contribution in [2.75, 3.05) is 7.11 Å². The Morgan fingerprint density at radius 1 is 1.54 bits per heavy atom. The lowest BCUT2D eigenvalue weighted by Gasteiger charge is -2.07. The Kier molecular flexibility index (Phi) is 3.46. The van der Waals surface area contributed by atoms with Gasteiger partial charge in [-0.05, 0) is 11.6 Å². The molecule has 0 unspecified atom stereocenters. The molecule has 0 aliphatic heterocycles.